The first-order valence-corrected chi connectivity index (χ1v) is 6.20. The van der Waals surface area contributed by atoms with Gasteiger partial charge >= 0.3 is 0 Å². The maximum atomic E-state index is 12.3. The minimum Gasteiger partial charge on any atom is -0.379 e. The Balaban J connectivity index is 2.06. The molecule has 0 radical (unpaired) electrons. The molecule has 98 valence electrons. The lowest BCUT2D eigenvalue weighted by Crippen LogP contribution is -2.54. The standard InChI is InChI=1S/C14H20N2O2/c1-11-5-3-4-6-12(11)9-16(2)13(17)14(15)7-8-18-10-14/h3-6H,7-10,15H2,1-2H3. The Labute approximate surface area is 108 Å². The van der Waals surface area contributed by atoms with Crippen molar-refractivity contribution in [3.8, 4) is 0 Å². The number of nitrogens with two attached hydrogens (primary N) is 1. The van der Waals surface area contributed by atoms with Crippen LogP contribution >= 0.6 is 0 Å². The summed E-state index contributed by atoms with van der Waals surface area (Å²) in [6.45, 7) is 3.53. The van der Waals surface area contributed by atoms with E-state index in [9.17, 15) is 4.79 Å². The molecule has 1 aliphatic heterocycles. The Morgan fingerprint density at radius 2 is 2.22 bits per heavy atom. The van der Waals surface area contributed by atoms with Gasteiger partial charge in [0.25, 0.3) is 0 Å². The summed E-state index contributed by atoms with van der Waals surface area (Å²) in [4.78, 5) is 14.0. The number of carbonyl (C=O) groups excluding carboxylic acids is 1. The van der Waals surface area contributed by atoms with E-state index in [1.54, 1.807) is 11.9 Å². The third kappa shape index (κ3) is 2.54. The average Bonchev–Trinajstić information content (AvgIpc) is 2.79. The number of nitrogens with zero attached hydrogens (tertiary/aromatic N) is 1. The van der Waals surface area contributed by atoms with Crippen molar-refractivity contribution in [2.45, 2.75) is 25.4 Å². The molecule has 0 bridgehead atoms. The Bertz CT molecular complexity index is 439. The number of amides is 1. The molecule has 1 amide bonds. The minimum absolute atomic E-state index is 0.0387. The largest absolute Gasteiger partial charge is 0.379 e. The highest BCUT2D eigenvalue weighted by atomic mass is 16.5. The van der Waals surface area contributed by atoms with Crippen LogP contribution in [0.5, 0.6) is 0 Å². The highest BCUT2D eigenvalue weighted by Gasteiger charge is 2.40. The number of hydrogen-bond acceptors (Lipinski definition) is 3. The van der Waals surface area contributed by atoms with Crippen LogP contribution in [0.2, 0.25) is 0 Å². The van der Waals surface area contributed by atoms with Crippen molar-refractivity contribution in [1.29, 1.82) is 0 Å². The number of likely N-dealkylation sites (N-methyl/N-ethyl adjacent to an activating group) is 1. The molecular weight excluding hydrogens is 228 g/mol. The van der Waals surface area contributed by atoms with E-state index in [4.69, 9.17) is 10.5 Å². The molecule has 2 rings (SSSR count). The van der Waals surface area contributed by atoms with E-state index >= 15 is 0 Å². The molecule has 18 heavy (non-hydrogen) atoms. The van der Waals surface area contributed by atoms with Crippen LogP contribution in [0.25, 0.3) is 0 Å². The molecule has 2 N–H and O–H groups in total. The molecule has 1 unspecified atom stereocenters. The van der Waals surface area contributed by atoms with Gasteiger partial charge in [-0.05, 0) is 24.5 Å². The van der Waals surface area contributed by atoms with E-state index in [2.05, 4.69) is 0 Å². The fourth-order valence-corrected chi connectivity index (χ4v) is 2.24. The molecule has 1 heterocycles. The van der Waals surface area contributed by atoms with Crippen molar-refractivity contribution >= 4 is 5.91 Å². The summed E-state index contributed by atoms with van der Waals surface area (Å²) < 4.78 is 5.23. The van der Waals surface area contributed by atoms with Gasteiger partial charge in [0.15, 0.2) is 0 Å². The molecule has 1 aromatic rings. The summed E-state index contributed by atoms with van der Waals surface area (Å²) in [7, 11) is 1.79. The molecule has 1 aliphatic rings. The normalized spacial score (nSPS) is 23.1. The molecule has 0 aliphatic carbocycles. The molecule has 4 nitrogen and oxygen atoms in total. The van der Waals surface area contributed by atoms with Crippen LogP contribution < -0.4 is 5.73 Å². The van der Waals surface area contributed by atoms with Gasteiger partial charge < -0.3 is 15.4 Å². The minimum atomic E-state index is -0.836. The van der Waals surface area contributed by atoms with Gasteiger partial charge in [-0.3, -0.25) is 4.79 Å². The maximum Gasteiger partial charge on any atom is 0.245 e. The Morgan fingerprint density at radius 3 is 2.83 bits per heavy atom. The second-order valence-electron chi connectivity index (χ2n) is 5.05. The number of carbonyl (C=O) groups is 1. The molecule has 1 fully saturated rings. The van der Waals surface area contributed by atoms with Crippen LogP contribution in [0.1, 0.15) is 17.5 Å². The van der Waals surface area contributed by atoms with Gasteiger partial charge in [0, 0.05) is 20.2 Å². The van der Waals surface area contributed by atoms with Crippen LogP contribution in [-0.4, -0.2) is 36.6 Å². The molecule has 0 aromatic heterocycles. The number of hydrogen-bond donors (Lipinski definition) is 1. The lowest BCUT2D eigenvalue weighted by atomic mass is 9.98. The van der Waals surface area contributed by atoms with Gasteiger partial charge in [-0.15, -0.1) is 0 Å². The second kappa shape index (κ2) is 5.08. The zero-order valence-electron chi connectivity index (χ0n) is 11.0. The van der Waals surface area contributed by atoms with Crippen molar-refractivity contribution in [3.05, 3.63) is 35.4 Å². The Morgan fingerprint density at radius 1 is 1.50 bits per heavy atom. The summed E-state index contributed by atoms with van der Waals surface area (Å²) in [5, 5.41) is 0. The SMILES string of the molecule is Cc1ccccc1CN(C)C(=O)C1(N)CCOC1. The monoisotopic (exact) mass is 248 g/mol. The van der Waals surface area contributed by atoms with Crippen molar-refractivity contribution in [1.82, 2.24) is 4.90 Å². The number of aryl methyl sites for hydroxylation is 1. The highest BCUT2D eigenvalue weighted by Crippen LogP contribution is 2.19. The lowest BCUT2D eigenvalue weighted by molar-refractivity contribution is -0.136. The summed E-state index contributed by atoms with van der Waals surface area (Å²) in [5.74, 6) is -0.0387. The first kappa shape index (κ1) is 13.1. The molecule has 1 aromatic carbocycles. The van der Waals surface area contributed by atoms with Crippen molar-refractivity contribution < 1.29 is 9.53 Å². The fraction of sp³-hybridized carbons (Fsp3) is 0.500. The Hall–Kier alpha value is -1.39. The van der Waals surface area contributed by atoms with Crippen LogP contribution in [0.3, 0.4) is 0 Å². The second-order valence-corrected chi connectivity index (χ2v) is 5.05. The molecule has 1 atom stereocenters. The van der Waals surface area contributed by atoms with Gasteiger partial charge in [0.2, 0.25) is 5.91 Å². The third-order valence-corrected chi connectivity index (χ3v) is 3.49. The molecular formula is C14H20N2O2. The van der Waals surface area contributed by atoms with Crippen molar-refractivity contribution in [2.24, 2.45) is 5.73 Å². The van der Waals surface area contributed by atoms with Gasteiger partial charge in [0.05, 0.1) is 6.61 Å². The lowest BCUT2D eigenvalue weighted by Gasteiger charge is -2.28. The number of ether oxygens (including phenoxy) is 1. The van der Waals surface area contributed by atoms with Crippen LogP contribution in [0.4, 0.5) is 0 Å². The average molecular weight is 248 g/mol. The van der Waals surface area contributed by atoms with Gasteiger partial charge in [-0.25, -0.2) is 0 Å². The van der Waals surface area contributed by atoms with Crippen LogP contribution in [0, 0.1) is 6.92 Å². The highest BCUT2D eigenvalue weighted by molar-refractivity contribution is 5.86. The third-order valence-electron chi connectivity index (χ3n) is 3.49. The summed E-state index contributed by atoms with van der Waals surface area (Å²) in [6, 6.07) is 8.06. The zero-order valence-corrected chi connectivity index (χ0v) is 11.0. The summed E-state index contributed by atoms with van der Waals surface area (Å²) in [5.41, 5.74) is 7.58. The predicted molar refractivity (Wildman–Crippen MR) is 70.0 cm³/mol. The van der Waals surface area contributed by atoms with Crippen molar-refractivity contribution in [3.63, 3.8) is 0 Å². The molecule has 0 saturated carbocycles. The Kier molecular flexibility index (Phi) is 3.68. The quantitative estimate of drug-likeness (QED) is 0.870. The van der Waals surface area contributed by atoms with Crippen LogP contribution in [0.15, 0.2) is 24.3 Å². The van der Waals surface area contributed by atoms with E-state index in [0.717, 1.165) is 5.56 Å². The van der Waals surface area contributed by atoms with Gasteiger partial charge in [-0.2, -0.15) is 0 Å². The molecule has 1 saturated heterocycles. The van der Waals surface area contributed by atoms with E-state index in [1.165, 1.54) is 5.56 Å². The first-order chi connectivity index (χ1) is 8.53. The molecule has 0 spiro atoms. The van der Waals surface area contributed by atoms with Crippen LogP contribution in [-0.2, 0) is 16.1 Å². The topological polar surface area (TPSA) is 55.6 Å². The van der Waals surface area contributed by atoms with E-state index < -0.39 is 5.54 Å². The summed E-state index contributed by atoms with van der Waals surface area (Å²) >= 11 is 0. The smallest absolute Gasteiger partial charge is 0.245 e. The summed E-state index contributed by atoms with van der Waals surface area (Å²) in [6.07, 6.45) is 0.601. The van der Waals surface area contributed by atoms with E-state index in [1.807, 2.05) is 31.2 Å². The van der Waals surface area contributed by atoms with Gasteiger partial charge in [0.1, 0.15) is 5.54 Å². The van der Waals surface area contributed by atoms with E-state index in [0.29, 0.717) is 26.2 Å². The zero-order chi connectivity index (χ0) is 13.2. The first-order valence-electron chi connectivity index (χ1n) is 6.20. The predicted octanol–water partition coefficient (Wildman–Crippen LogP) is 1.07. The number of rotatable bonds is 3. The van der Waals surface area contributed by atoms with Gasteiger partial charge in [-0.1, -0.05) is 24.3 Å². The van der Waals surface area contributed by atoms with E-state index in [-0.39, 0.29) is 5.91 Å². The fourth-order valence-electron chi connectivity index (χ4n) is 2.24. The molecule has 4 heteroatoms. The van der Waals surface area contributed by atoms with Crippen molar-refractivity contribution in [2.75, 3.05) is 20.3 Å². The number of benzene rings is 1. The maximum absolute atomic E-state index is 12.3.